The molecule has 0 aliphatic heterocycles. The lowest BCUT2D eigenvalue weighted by Gasteiger charge is -2.19. The van der Waals surface area contributed by atoms with E-state index in [1.165, 1.54) is 0 Å². The highest BCUT2D eigenvalue weighted by atomic mass is 35.5. The van der Waals surface area contributed by atoms with Crippen molar-refractivity contribution in [3.63, 3.8) is 0 Å². The second-order valence-corrected chi connectivity index (χ2v) is 6.33. The van der Waals surface area contributed by atoms with E-state index >= 15 is 0 Å². The van der Waals surface area contributed by atoms with Gasteiger partial charge in [-0.3, -0.25) is 4.79 Å². The van der Waals surface area contributed by atoms with E-state index in [2.05, 4.69) is 0 Å². The molecule has 0 heterocycles. The molecule has 0 spiro atoms. The summed E-state index contributed by atoms with van der Waals surface area (Å²) in [6, 6.07) is 11.1. The summed E-state index contributed by atoms with van der Waals surface area (Å²) in [5.74, 6) is 2.10. The Morgan fingerprint density at radius 1 is 0.962 bits per heavy atom. The van der Waals surface area contributed by atoms with E-state index in [0.717, 1.165) is 11.1 Å². The van der Waals surface area contributed by atoms with Gasteiger partial charge >= 0.3 is 0 Å². The quantitative estimate of drug-likeness (QED) is 0.698. The molecule has 0 bridgehead atoms. The van der Waals surface area contributed by atoms with E-state index in [1.54, 1.807) is 45.4 Å². The van der Waals surface area contributed by atoms with Gasteiger partial charge in [0.05, 0.1) is 21.3 Å². The van der Waals surface area contributed by atoms with Crippen LogP contribution in [0.3, 0.4) is 0 Å². The smallest absolute Gasteiger partial charge is 0.222 e. The second kappa shape index (κ2) is 9.34. The first-order valence-electron chi connectivity index (χ1n) is 8.25. The third kappa shape index (κ3) is 5.05. The fourth-order valence-electron chi connectivity index (χ4n) is 2.69. The number of aryl methyl sites for hydroxylation is 1. The standard InChI is InChI=1S/C20H24ClNO4/c1-22(13-15-12-16(21)7-9-17(15)24-2)20(23)10-6-14-5-8-18(25-3)19(11-14)26-4/h5,7-9,11-12H,6,10,13H2,1-4H3. The van der Waals surface area contributed by atoms with Crippen LogP contribution in [0.4, 0.5) is 0 Å². The van der Waals surface area contributed by atoms with Crippen LogP contribution in [0.25, 0.3) is 0 Å². The van der Waals surface area contributed by atoms with E-state index in [4.69, 9.17) is 25.8 Å². The van der Waals surface area contributed by atoms with Crippen molar-refractivity contribution in [3.05, 3.63) is 52.5 Å². The van der Waals surface area contributed by atoms with Crippen molar-refractivity contribution in [2.45, 2.75) is 19.4 Å². The predicted molar refractivity (Wildman–Crippen MR) is 102 cm³/mol. The fourth-order valence-corrected chi connectivity index (χ4v) is 2.89. The largest absolute Gasteiger partial charge is 0.496 e. The molecule has 2 aromatic rings. The van der Waals surface area contributed by atoms with Gasteiger partial charge in [-0.25, -0.2) is 0 Å². The summed E-state index contributed by atoms with van der Waals surface area (Å²) >= 11 is 6.05. The molecule has 140 valence electrons. The normalized spacial score (nSPS) is 10.3. The van der Waals surface area contributed by atoms with Crippen LogP contribution < -0.4 is 14.2 Å². The number of amides is 1. The molecular formula is C20H24ClNO4. The molecule has 0 atom stereocenters. The minimum atomic E-state index is 0.0433. The third-order valence-corrected chi connectivity index (χ3v) is 4.39. The molecular weight excluding hydrogens is 354 g/mol. The lowest BCUT2D eigenvalue weighted by molar-refractivity contribution is -0.130. The highest BCUT2D eigenvalue weighted by molar-refractivity contribution is 6.30. The van der Waals surface area contributed by atoms with Crippen LogP contribution in [0.1, 0.15) is 17.5 Å². The van der Waals surface area contributed by atoms with Crippen LogP contribution in [0.15, 0.2) is 36.4 Å². The molecule has 26 heavy (non-hydrogen) atoms. The summed E-state index contributed by atoms with van der Waals surface area (Å²) in [7, 11) is 6.57. The zero-order valence-corrected chi connectivity index (χ0v) is 16.3. The van der Waals surface area contributed by atoms with Gasteiger partial charge in [-0.1, -0.05) is 17.7 Å². The van der Waals surface area contributed by atoms with Gasteiger partial charge in [0.25, 0.3) is 0 Å². The predicted octanol–water partition coefficient (Wildman–Crippen LogP) is 3.96. The van der Waals surface area contributed by atoms with E-state index in [1.807, 2.05) is 24.3 Å². The van der Waals surface area contributed by atoms with Gasteiger partial charge in [-0.15, -0.1) is 0 Å². The minimum Gasteiger partial charge on any atom is -0.496 e. The zero-order chi connectivity index (χ0) is 19.1. The number of nitrogens with zero attached hydrogens (tertiary/aromatic N) is 1. The van der Waals surface area contributed by atoms with Crippen molar-refractivity contribution in [1.29, 1.82) is 0 Å². The van der Waals surface area contributed by atoms with Crippen molar-refractivity contribution < 1.29 is 19.0 Å². The Morgan fingerprint density at radius 2 is 1.62 bits per heavy atom. The van der Waals surface area contributed by atoms with E-state index in [9.17, 15) is 4.79 Å². The van der Waals surface area contributed by atoms with Crippen LogP contribution in [-0.4, -0.2) is 39.2 Å². The van der Waals surface area contributed by atoms with Gasteiger partial charge in [0.1, 0.15) is 5.75 Å². The van der Waals surface area contributed by atoms with Gasteiger partial charge in [0.15, 0.2) is 11.5 Å². The lowest BCUT2D eigenvalue weighted by Crippen LogP contribution is -2.26. The number of hydrogen-bond donors (Lipinski definition) is 0. The highest BCUT2D eigenvalue weighted by Gasteiger charge is 2.13. The highest BCUT2D eigenvalue weighted by Crippen LogP contribution is 2.28. The monoisotopic (exact) mass is 377 g/mol. The van der Waals surface area contributed by atoms with Gasteiger partial charge in [-0.05, 0) is 42.3 Å². The summed E-state index contributed by atoms with van der Waals surface area (Å²) in [5, 5.41) is 0.618. The number of carbonyl (C=O) groups excluding carboxylic acids is 1. The van der Waals surface area contributed by atoms with Crippen LogP contribution >= 0.6 is 11.6 Å². The summed E-state index contributed by atoms with van der Waals surface area (Å²) in [6.07, 6.45) is 1.02. The summed E-state index contributed by atoms with van der Waals surface area (Å²) in [4.78, 5) is 14.2. The Hall–Kier alpha value is -2.40. The van der Waals surface area contributed by atoms with Crippen LogP contribution in [-0.2, 0) is 17.8 Å². The molecule has 5 nitrogen and oxygen atoms in total. The van der Waals surface area contributed by atoms with Crippen molar-refractivity contribution in [3.8, 4) is 17.2 Å². The third-order valence-electron chi connectivity index (χ3n) is 4.15. The maximum absolute atomic E-state index is 12.5. The number of halogens is 1. The molecule has 0 N–H and O–H groups in total. The number of carbonyl (C=O) groups is 1. The first-order valence-corrected chi connectivity index (χ1v) is 8.63. The molecule has 6 heteroatoms. The minimum absolute atomic E-state index is 0.0433. The average molecular weight is 378 g/mol. The Bertz CT molecular complexity index is 763. The summed E-state index contributed by atoms with van der Waals surface area (Å²) in [6.45, 7) is 0.439. The maximum atomic E-state index is 12.5. The Balaban J connectivity index is 1.98. The van der Waals surface area contributed by atoms with Crippen LogP contribution in [0, 0.1) is 0 Å². The molecule has 2 aromatic carbocycles. The Labute approximate surface area is 159 Å². The Morgan fingerprint density at radius 3 is 2.27 bits per heavy atom. The molecule has 0 saturated carbocycles. The topological polar surface area (TPSA) is 48.0 Å². The average Bonchev–Trinajstić information content (AvgIpc) is 2.65. The van der Waals surface area contributed by atoms with Crippen LogP contribution in [0.5, 0.6) is 17.2 Å². The van der Waals surface area contributed by atoms with E-state index in [-0.39, 0.29) is 5.91 Å². The molecule has 0 aromatic heterocycles. The summed E-state index contributed by atoms with van der Waals surface area (Å²) < 4.78 is 15.9. The first kappa shape index (κ1) is 19.9. The lowest BCUT2D eigenvalue weighted by atomic mass is 10.1. The first-order chi connectivity index (χ1) is 12.5. The second-order valence-electron chi connectivity index (χ2n) is 5.90. The molecule has 0 unspecified atom stereocenters. The number of ether oxygens (including phenoxy) is 3. The molecule has 0 aliphatic rings. The molecule has 0 radical (unpaired) electrons. The number of hydrogen-bond acceptors (Lipinski definition) is 4. The maximum Gasteiger partial charge on any atom is 0.222 e. The van der Waals surface area contributed by atoms with Crippen molar-refractivity contribution >= 4 is 17.5 Å². The molecule has 0 fully saturated rings. The van der Waals surface area contributed by atoms with Crippen molar-refractivity contribution in [1.82, 2.24) is 4.90 Å². The van der Waals surface area contributed by atoms with Crippen molar-refractivity contribution in [2.24, 2.45) is 0 Å². The van der Waals surface area contributed by atoms with Gasteiger partial charge in [0, 0.05) is 30.6 Å². The summed E-state index contributed by atoms with van der Waals surface area (Å²) in [5.41, 5.74) is 1.90. The fraction of sp³-hybridized carbons (Fsp3) is 0.350. The molecule has 0 aliphatic carbocycles. The molecule has 2 rings (SSSR count). The molecule has 0 saturated heterocycles. The van der Waals surface area contributed by atoms with Gasteiger partial charge in [-0.2, -0.15) is 0 Å². The van der Waals surface area contributed by atoms with Gasteiger partial charge in [0.2, 0.25) is 5.91 Å². The van der Waals surface area contributed by atoms with Crippen molar-refractivity contribution in [2.75, 3.05) is 28.4 Å². The Kier molecular flexibility index (Phi) is 7.16. The number of rotatable bonds is 8. The molecule has 1 amide bonds. The zero-order valence-electron chi connectivity index (χ0n) is 15.5. The van der Waals surface area contributed by atoms with Crippen LogP contribution in [0.2, 0.25) is 5.02 Å². The number of benzene rings is 2. The van der Waals surface area contributed by atoms with E-state index < -0.39 is 0 Å². The van der Waals surface area contributed by atoms with Gasteiger partial charge < -0.3 is 19.1 Å². The SMILES string of the molecule is COc1ccc(Cl)cc1CN(C)C(=O)CCc1ccc(OC)c(OC)c1. The number of methoxy groups -OCH3 is 3. The van der Waals surface area contributed by atoms with E-state index in [0.29, 0.717) is 41.7 Å².